The fraction of sp³-hybridized carbons (Fsp3) is 0.0233. The Morgan fingerprint density at radius 3 is 1.37 bits per heavy atom. The molecule has 11 N–H and O–H groups in total. The number of halogens is 1. The van der Waals surface area contributed by atoms with E-state index in [1.807, 2.05) is 0 Å². The van der Waals surface area contributed by atoms with E-state index in [0.717, 1.165) is 92.0 Å². The molecule has 0 amide bonds. The molecule has 81 heavy (non-hydrogen) atoms. The number of phenolic OH excluding ortho intramolecular Hbond substituents is 3. The van der Waals surface area contributed by atoms with Crippen LogP contribution in [-0.4, -0.2) is 100 Å². The van der Waals surface area contributed by atoms with Crippen molar-refractivity contribution < 1.29 is 97.9 Å². The highest BCUT2D eigenvalue weighted by Gasteiger charge is 2.30. The third kappa shape index (κ3) is 12.1. The molecule has 0 aliphatic carbocycles. The van der Waals surface area contributed by atoms with Gasteiger partial charge in [-0.2, -0.15) is 65.8 Å². The van der Waals surface area contributed by atoms with Gasteiger partial charge >= 0.3 is 0 Å². The summed E-state index contributed by atoms with van der Waals surface area (Å²) in [6.07, 6.45) is 0. The van der Waals surface area contributed by atoms with Gasteiger partial charge in [-0.1, -0.05) is 17.7 Å². The number of nitrogens with zero attached hydrogens (tertiary/aromatic N) is 8. The first-order valence-electron chi connectivity index (χ1n) is 21.2. The number of hydrogen-bond donors (Lipinski definition) is 10. The third-order valence-corrected chi connectivity index (χ3v) is 16.8. The number of fused-ring (bicyclic) bond motifs is 3. The summed E-state index contributed by atoms with van der Waals surface area (Å²) in [6.45, 7) is 0. The molecule has 0 aliphatic rings. The van der Waals surface area contributed by atoms with Crippen molar-refractivity contribution in [1.29, 1.82) is 0 Å². The minimum Gasteiger partial charge on any atom is -0.505 e. The lowest BCUT2D eigenvalue weighted by atomic mass is 10.0. The van der Waals surface area contributed by atoms with E-state index in [9.17, 15) is 93.1 Å². The monoisotopic (exact) mass is 1250 g/mol. The number of azo groups is 4. The number of nitrogen functional groups attached to an aromatic ring is 1. The molecule has 0 bridgehead atoms. The van der Waals surface area contributed by atoms with Crippen LogP contribution < -0.4 is 10.5 Å². The van der Waals surface area contributed by atoms with Gasteiger partial charge in [0.2, 0.25) is 0 Å². The lowest BCUT2D eigenvalue weighted by Crippen LogP contribution is -2.03. The highest BCUT2D eigenvalue weighted by molar-refractivity contribution is 7.87. The van der Waals surface area contributed by atoms with E-state index in [-0.39, 0.29) is 44.4 Å². The number of methoxy groups -OCH3 is 1. The van der Waals surface area contributed by atoms with E-state index in [1.165, 1.54) is 0 Å². The zero-order valence-corrected chi connectivity index (χ0v) is 45.2. The van der Waals surface area contributed by atoms with E-state index in [1.54, 1.807) is 0 Å². The average molecular weight is 1250 g/mol. The largest absolute Gasteiger partial charge is 0.505 e. The van der Waals surface area contributed by atoms with Crippen molar-refractivity contribution in [2.24, 2.45) is 40.9 Å². The lowest BCUT2D eigenvalue weighted by molar-refractivity contribution is 0.415. The molecule has 8 aromatic carbocycles. The van der Waals surface area contributed by atoms with E-state index >= 15 is 0 Å². The third-order valence-electron chi connectivity index (χ3n) is 11.2. The van der Waals surface area contributed by atoms with Crippen molar-refractivity contribution in [2.45, 2.75) is 29.4 Å². The van der Waals surface area contributed by atoms with Gasteiger partial charge in [0.1, 0.15) is 58.7 Å². The summed E-state index contributed by atoms with van der Waals surface area (Å²) >= 11 is 5.82. The predicted molar refractivity (Wildman–Crippen MR) is 281 cm³/mol. The van der Waals surface area contributed by atoms with Crippen molar-refractivity contribution in [3.63, 3.8) is 0 Å². The Balaban J connectivity index is 1.22. The highest BCUT2D eigenvalue weighted by atomic mass is 35.5. The fourth-order valence-corrected chi connectivity index (χ4v) is 11.7. The molecule has 31 nitrogen and oxygen atoms in total. The van der Waals surface area contributed by atoms with Crippen molar-refractivity contribution in [3.8, 4) is 23.0 Å². The summed E-state index contributed by atoms with van der Waals surface area (Å²) in [7, 11) is -29.9. The Bertz CT molecular complexity index is 4930. The van der Waals surface area contributed by atoms with Gasteiger partial charge in [-0.3, -0.25) is 27.3 Å². The van der Waals surface area contributed by atoms with E-state index in [2.05, 4.69) is 40.9 Å². The first-order chi connectivity index (χ1) is 37.5. The van der Waals surface area contributed by atoms with Gasteiger partial charge in [-0.25, -0.2) is 0 Å². The van der Waals surface area contributed by atoms with Crippen molar-refractivity contribution >= 4 is 156 Å². The maximum Gasteiger partial charge on any atom is 0.296 e. The molecule has 38 heteroatoms. The number of phenols is 3. The van der Waals surface area contributed by atoms with E-state index in [0.29, 0.717) is 12.1 Å². The minimum absolute atomic E-state index is 0.121. The summed E-state index contributed by atoms with van der Waals surface area (Å²) < 4.78 is 213. The zero-order chi connectivity index (χ0) is 59.7. The highest BCUT2D eigenvalue weighted by Crippen LogP contribution is 2.50. The summed E-state index contributed by atoms with van der Waals surface area (Å²) in [6, 6.07) is 14.8. The Kier molecular flexibility index (Phi) is 15.2. The van der Waals surface area contributed by atoms with Gasteiger partial charge < -0.3 is 25.8 Å². The van der Waals surface area contributed by atoms with Crippen LogP contribution in [0.3, 0.4) is 0 Å². The van der Waals surface area contributed by atoms with Crippen LogP contribution in [0.25, 0.3) is 32.3 Å². The Morgan fingerprint density at radius 2 is 0.840 bits per heavy atom. The molecular formula is C43H30ClN9O22S6. The van der Waals surface area contributed by atoms with E-state index < -0.39 is 157 Å². The topological polar surface area (TPSA) is 521 Å². The second kappa shape index (κ2) is 21.0. The number of ether oxygens (including phenoxy) is 1. The molecule has 0 heterocycles. The maximum absolute atomic E-state index is 12.8. The second-order valence-electron chi connectivity index (χ2n) is 16.4. The van der Waals surface area contributed by atoms with Gasteiger partial charge in [0.15, 0.2) is 17.2 Å². The maximum atomic E-state index is 12.8. The molecule has 0 unspecified atom stereocenters. The number of benzene rings is 8. The average Bonchev–Trinajstić information content (AvgIpc) is 3.43. The minimum atomic E-state index is -5.46. The van der Waals surface area contributed by atoms with Crippen LogP contribution in [0.1, 0.15) is 0 Å². The molecule has 0 fully saturated rings. The molecule has 0 aromatic heterocycles. The zero-order valence-electron chi connectivity index (χ0n) is 39.6. The SMILES string of the molecule is COc1ccc(S(=O)(=O)O)cc1N=Nc1c(S(=O)(=O)O)cc2ccc(N=Nc3c(S(=O)(=O)O)cc4cc(S(=O)(=O)O)c(N=Nc5ccc6c(O)c(N=Nc7ccc(Cl)c(S(=O)(=O)O)c7)c(S(=O)(=O)O)cc6c5)c(O)c4c3N)cc2c1O. The quantitative estimate of drug-likeness (QED) is 0.0259. The fourth-order valence-electron chi connectivity index (χ4n) is 7.57. The molecule has 8 rings (SSSR count). The number of hydrogen-bond acceptors (Lipinski definition) is 25. The molecule has 0 aliphatic heterocycles. The normalized spacial score (nSPS) is 13.3. The number of nitrogens with two attached hydrogens (primary N) is 1. The predicted octanol–water partition coefficient (Wildman–Crippen LogP) is 9.65. The first-order valence-corrected chi connectivity index (χ1v) is 30.2. The number of anilines is 1. The summed E-state index contributed by atoms with van der Waals surface area (Å²) in [5.74, 6) is -3.33. The smallest absolute Gasteiger partial charge is 0.296 e. The summed E-state index contributed by atoms with van der Waals surface area (Å²) in [5.41, 5.74) is 0.281. The number of rotatable bonds is 15. The van der Waals surface area contributed by atoms with E-state index in [4.69, 9.17) is 22.1 Å². The standard InChI is InChI=1S/C43H30ClN9O22S6/c1-75-29-9-6-24(76(57,58)59)17-28(29)49-53-39-32(79(66,67)68)11-18-2-3-22(15-26(18)42(39)55)47-50-37-31(78(63,64)65)13-20-14-34(81(72,73)74)40(43(56)35(20)36(37)45)52-46-21-4-7-25-19(10-21)12-33(80(69,70)71)38(41(25)54)51-48-23-5-8-27(44)30(16-23)77(60,61)62/h2-17,54-56H,45H2,1H3,(H,57,58,59)(H,60,61,62)(H,63,64,65)(H,66,67,68)(H,69,70,71)(H,72,73,74). The summed E-state index contributed by atoms with van der Waals surface area (Å²) in [4.78, 5) is -5.99. The lowest BCUT2D eigenvalue weighted by Gasteiger charge is -2.14. The van der Waals surface area contributed by atoms with Crippen LogP contribution in [0.2, 0.25) is 5.02 Å². The molecule has 0 saturated heterocycles. The van der Waals surface area contributed by atoms with Gasteiger partial charge in [0, 0.05) is 10.8 Å². The molecule has 0 atom stereocenters. The van der Waals surface area contributed by atoms with Crippen LogP contribution in [-0.2, 0) is 60.7 Å². The second-order valence-corrected chi connectivity index (χ2v) is 25.1. The first kappa shape index (κ1) is 58.8. The molecule has 0 radical (unpaired) electrons. The van der Waals surface area contributed by atoms with Crippen molar-refractivity contribution in [3.05, 3.63) is 102 Å². The van der Waals surface area contributed by atoms with Crippen molar-refractivity contribution in [2.75, 3.05) is 12.8 Å². The van der Waals surface area contributed by atoms with Gasteiger partial charge in [-0.15, -0.1) is 25.6 Å². The Morgan fingerprint density at radius 1 is 0.407 bits per heavy atom. The molecular weight excluding hydrogens is 1220 g/mol. The van der Waals surface area contributed by atoms with Gasteiger partial charge in [0.25, 0.3) is 60.7 Å². The molecule has 8 aromatic rings. The van der Waals surface area contributed by atoms with Gasteiger partial charge in [-0.05, 0) is 107 Å². The van der Waals surface area contributed by atoms with Gasteiger partial charge in [0.05, 0.1) is 45.2 Å². The molecule has 422 valence electrons. The number of aromatic hydroxyl groups is 3. The van der Waals surface area contributed by atoms with Crippen LogP contribution >= 0.6 is 11.6 Å². The van der Waals surface area contributed by atoms with Crippen LogP contribution in [0, 0.1) is 0 Å². The summed E-state index contributed by atoms with van der Waals surface area (Å²) in [5, 5.41) is 61.8. The Labute approximate surface area is 459 Å². The Hall–Kier alpha value is -8.31. The molecule has 0 spiro atoms. The van der Waals surface area contributed by atoms with Crippen molar-refractivity contribution in [1.82, 2.24) is 0 Å². The molecule has 0 saturated carbocycles. The van der Waals surface area contributed by atoms with Crippen LogP contribution in [0.5, 0.6) is 23.0 Å². The van der Waals surface area contributed by atoms with Crippen LogP contribution in [0.15, 0.2) is 167 Å². The van der Waals surface area contributed by atoms with Crippen LogP contribution in [0.4, 0.5) is 51.2 Å².